The van der Waals surface area contributed by atoms with Crippen molar-refractivity contribution < 1.29 is 13.9 Å². The average molecular weight is 367 g/mol. The smallest absolute Gasteiger partial charge is 0.374 e. The van der Waals surface area contributed by atoms with Crippen LogP contribution in [0.3, 0.4) is 0 Å². The van der Waals surface area contributed by atoms with Crippen molar-refractivity contribution >= 4 is 23.0 Å². The standard InChI is InChI=1S/C17H17N7O3/c18-15-14-16(20-10-19-15)23(11-21-14)6-2-8-26-17(25)13-4-3-12(27-13)9-24-7-1-5-22-24/h1,3-5,7,10-11H,2,6,8-9H2,(H2,18,19,20). The molecule has 0 radical (unpaired) electrons. The van der Waals surface area contributed by atoms with Crippen LogP contribution in [0, 0.1) is 0 Å². The lowest BCUT2D eigenvalue weighted by Crippen LogP contribution is -2.08. The maximum atomic E-state index is 12.1. The molecular formula is C17H17N7O3. The fourth-order valence-corrected chi connectivity index (χ4v) is 2.66. The second kappa shape index (κ2) is 7.28. The SMILES string of the molecule is Nc1ncnc2c1ncn2CCCOC(=O)c1ccc(Cn2cccn2)o1. The Morgan fingerprint density at radius 2 is 2.19 bits per heavy atom. The van der Waals surface area contributed by atoms with Crippen LogP contribution in [0.25, 0.3) is 11.2 Å². The van der Waals surface area contributed by atoms with Gasteiger partial charge in [-0.25, -0.2) is 19.7 Å². The van der Waals surface area contributed by atoms with E-state index in [-0.39, 0.29) is 12.4 Å². The Morgan fingerprint density at radius 1 is 1.26 bits per heavy atom. The first-order chi connectivity index (χ1) is 13.2. The first kappa shape index (κ1) is 16.8. The molecule has 0 aliphatic carbocycles. The van der Waals surface area contributed by atoms with Crippen molar-refractivity contribution in [1.82, 2.24) is 29.3 Å². The summed E-state index contributed by atoms with van der Waals surface area (Å²) in [6, 6.07) is 5.16. The Hall–Kier alpha value is -3.69. The lowest BCUT2D eigenvalue weighted by atomic mass is 10.4. The summed E-state index contributed by atoms with van der Waals surface area (Å²) in [5.74, 6) is 0.649. The quantitative estimate of drug-likeness (QED) is 0.384. The molecule has 2 N–H and O–H groups in total. The number of anilines is 1. The molecule has 0 bridgehead atoms. The van der Waals surface area contributed by atoms with Crippen LogP contribution in [-0.4, -0.2) is 41.9 Å². The lowest BCUT2D eigenvalue weighted by molar-refractivity contribution is 0.0457. The molecular weight excluding hydrogens is 350 g/mol. The molecule has 4 rings (SSSR count). The highest BCUT2D eigenvalue weighted by molar-refractivity contribution is 5.86. The molecule has 0 aromatic carbocycles. The molecule has 0 saturated carbocycles. The minimum Gasteiger partial charge on any atom is -0.460 e. The van der Waals surface area contributed by atoms with Gasteiger partial charge in [-0.2, -0.15) is 5.10 Å². The number of hydrogen-bond donors (Lipinski definition) is 1. The van der Waals surface area contributed by atoms with E-state index in [1.54, 1.807) is 29.3 Å². The van der Waals surface area contributed by atoms with E-state index in [0.717, 1.165) is 0 Å². The molecule has 4 heterocycles. The number of furan rings is 1. The summed E-state index contributed by atoms with van der Waals surface area (Å²) in [7, 11) is 0. The van der Waals surface area contributed by atoms with E-state index >= 15 is 0 Å². The molecule has 0 aliphatic heterocycles. The normalized spacial score (nSPS) is 11.1. The summed E-state index contributed by atoms with van der Waals surface area (Å²) in [5, 5.41) is 4.09. The number of aromatic nitrogens is 6. The number of hydrogen-bond acceptors (Lipinski definition) is 8. The van der Waals surface area contributed by atoms with E-state index in [2.05, 4.69) is 20.1 Å². The van der Waals surface area contributed by atoms with Gasteiger partial charge < -0.3 is 19.5 Å². The number of carbonyl (C=O) groups is 1. The Kier molecular flexibility index (Phi) is 4.52. The summed E-state index contributed by atoms with van der Waals surface area (Å²) in [4.78, 5) is 24.4. The number of aryl methyl sites for hydroxylation is 1. The minimum absolute atomic E-state index is 0.172. The zero-order valence-electron chi connectivity index (χ0n) is 14.4. The average Bonchev–Trinajstić information content (AvgIpc) is 3.41. The molecule has 27 heavy (non-hydrogen) atoms. The fourth-order valence-electron chi connectivity index (χ4n) is 2.66. The van der Waals surface area contributed by atoms with Crippen LogP contribution < -0.4 is 5.73 Å². The molecule has 10 nitrogen and oxygen atoms in total. The summed E-state index contributed by atoms with van der Waals surface area (Å²) >= 11 is 0. The molecule has 0 amide bonds. The molecule has 0 spiro atoms. The van der Waals surface area contributed by atoms with Crippen LogP contribution in [0.5, 0.6) is 0 Å². The van der Waals surface area contributed by atoms with Gasteiger partial charge in [0.25, 0.3) is 0 Å². The maximum Gasteiger partial charge on any atom is 0.374 e. The van der Waals surface area contributed by atoms with Gasteiger partial charge in [0.1, 0.15) is 17.6 Å². The van der Waals surface area contributed by atoms with Crippen LogP contribution in [0.2, 0.25) is 0 Å². The first-order valence-electron chi connectivity index (χ1n) is 8.35. The van der Waals surface area contributed by atoms with Crippen molar-refractivity contribution in [2.24, 2.45) is 0 Å². The first-order valence-corrected chi connectivity index (χ1v) is 8.35. The molecule has 4 aromatic rings. The van der Waals surface area contributed by atoms with Gasteiger partial charge in [0.2, 0.25) is 5.76 Å². The largest absolute Gasteiger partial charge is 0.460 e. The molecule has 0 fully saturated rings. The van der Waals surface area contributed by atoms with Crippen molar-refractivity contribution in [3.63, 3.8) is 0 Å². The van der Waals surface area contributed by atoms with Gasteiger partial charge in [-0.1, -0.05) is 0 Å². The molecule has 0 atom stereocenters. The number of rotatable bonds is 7. The Labute approximate surface area is 153 Å². The molecule has 10 heteroatoms. The number of ether oxygens (including phenoxy) is 1. The van der Waals surface area contributed by atoms with Gasteiger partial charge >= 0.3 is 5.97 Å². The number of nitrogens with zero attached hydrogens (tertiary/aromatic N) is 6. The van der Waals surface area contributed by atoms with Gasteiger partial charge in [0, 0.05) is 18.9 Å². The number of imidazole rings is 1. The van der Waals surface area contributed by atoms with Crippen LogP contribution in [0.1, 0.15) is 22.7 Å². The predicted octanol–water partition coefficient (Wildman–Crippen LogP) is 1.49. The second-order valence-electron chi connectivity index (χ2n) is 5.83. The van der Waals surface area contributed by atoms with Crippen molar-refractivity contribution in [3.8, 4) is 0 Å². The Morgan fingerprint density at radius 3 is 3.04 bits per heavy atom. The van der Waals surface area contributed by atoms with Gasteiger partial charge in [0.15, 0.2) is 11.5 Å². The van der Waals surface area contributed by atoms with Gasteiger partial charge in [-0.15, -0.1) is 0 Å². The predicted molar refractivity (Wildman–Crippen MR) is 94.7 cm³/mol. The zero-order chi connectivity index (χ0) is 18.6. The van der Waals surface area contributed by atoms with E-state index in [4.69, 9.17) is 14.9 Å². The Balaban J connectivity index is 1.28. The van der Waals surface area contributed by atoms with Gasteiger partial charge in [-0.05, 0) is 24.6 Å². The monoisotopic (exact) mass is 367 g/mol. The van der Waals surface area contributed by atoms with Crippen LogP contribution in [-0.2, 0) is 17.8 Å². The summed E-state index contributed by atoms with van der Waals surface area (Å²) < 4.78 is 14.3. The maximum absolute atomic E-state index is 12.1. The number of nitrogens with two attached hydrogens (primary N) is 1. The summed E-state index contributed by atoms with van der Waals surface area (Å²) in [6.45, 7) is 1.29. The van der Waals surface area contributed by atoms with Crippen molar-refractivity contribution in [2.45, 2.75) is 19.5 Å². The second-order valence-corrected chi connectivity index (χ2v) is 5.83. The van der Waals surface area contributed by atoms with E-state index in [1.807, 2.05) is 16.8 Å². The Bertz CT molecular complexity index is 1050. The third kappa shape index (κ3) is 3.64. The summed E-state index contributed by atoms with van der Waals surface area (Å²) in [5.41, 5.74) is 6.98. The van der Waals surface area contributed by atoms with E-state index in [0.29, 0.717) is 42.3 Å². The van der Waals surface area contributed by atoms with Crippen LogP contribution in [0.15, 0.2) is 47.7 Å². The molecule has 138 valence electrons. The molecule has 0 saturated heterocycles. The lowest BCUT2D eigenvalue weighted by Gasteiger charge is -2.05. The minimum atomic E-state index is -0.497. The van der Waals surface area contributed by atoms with E-state index in [9.17, 15) is 4.79 Å². The third-order valence-electron chi connectivity index (χ3n) is 3.95. The number of fused-ring (bicyclic) bond motifs is 1. The van der Waals surface area contributed by atoms with Crippen molar-refractivity contribution in [3.05, 3.63) is 54.8 Å². The summed E-state index contributed by atoms with van der Waals surface area (Å²) in [6.07, 6.45) is 7.14. The van der Waals surface area contributed by atoms with E-state index in [1.165, 1.54) is 6.33 Å². The number of carbonyl (C=O) groups excluding carboxylic acids is 1. The number of nitrogen functional groups attached to an aromatic ring is 1. The number of esters is 1. The highest BCUT2D eigenvalue weighted by Gasteiger charge is 2.13. The van der Waals surface area contributed by atoms with E-state index < -0.39 is 5.97 Å². The van der Waals surface area contributed by atoms with Crippen LogP contribution in [0.4, 0.5) is 5.82 Å². The van der Waals surface area contributed by atoms with Crippen molar-refractivity contribution in [2.75, 3.05) is 12.3 Å². The molecule has 0 unspecified atom stereocenters. The molecule has 0 aliphatic rings. The van der Waals surface area contributed by atoms with Crippen molar-refractivity contribution in [1.29, 1.82) is 0 Å². The fraction of sp³-hybridized carbons (Fsp3) is 0.235. The topological polar surface area (TPSA) is 127 Å². The van der Waals surface area contributed by atoms with Gasteiger partial charge in [-0.3, -0.25) is 4.68 Å². The zero-order valence-corrected chi connectivity index (χ0v) is 14.4. The molecule has 4 aromatic heterocycles. The third-order valence-corrected chi connectivity index (χ3v) is 3.95. The highest BCUT2D eigenvalue weighted by Crippen LogP contribution is 2.15. The van der Waals surface area contributed by atoms with Gasteiger partial charge in [0.05, 0.1) is 19.5 Å². The highest BCUT2D eigenvalue weighted by atomic mass is 16.5. The van der Waals surface area contributed by atoms with Crippen LogP contribution >= 0.6 is 0 Å².